The molecule has 2 rings (SSSR count). The van der Waals surface area contributed by atoms with Crippen molar-refractivity contribution >= 4 is 0 Å². The third kappa shape index (κ3) is 1.79. The molecule has 0 aromatic carbocycles. The zero-order valence-corrected chi connectivity index (χ0v) is 12.5. The molecule has 102 valence electrons. The summed E-state index contributed by atoms with van der Waals surface area (Å²) < 4.78 is 6.04. The van der Waals surface area contributed by atoms with Crippen molar-refractivity contribution in [1.82, 2.24) is 0 Å². The highest BCUT2D eigenvalue weighted by atomic mass is 16.5. The van der Waals surface area contributed by atoms with Crippen LogP contribution < -0.4 is 0 Å². The van der Waals surface area contributed by atoms with Gasteiger partial charge in [0.05, 0.1) is 6.10 Å². The minimum Gasteiger partial charge on any atom is -0.378 e. The van der Waals surface area contributed by atoms with Gasteiger partial charge in [0.15, 0.2) is 0 Å². The molecule has 18 heavy (non-hydrogen) atoms. The first-order chi connectivity index (χ1) is 8.39. The van der Waals surface area contributed by atoms with Crippen LogP contribution in [0.3, 0.4) is 0 Å². The quantitative estimate of drug-likeness (QED) is 0.663. The molecule has 5 atom stereocenters. The van der Waals surface area contributed by atoms with Gasteiger partial charge in [-0.15, -0.1) is 6.58 Å². The maximum Gasteiger partial charge on any atom is 0.0651 e. The summed E-state index contributed by atoms with van der Waals surface area (Å²) in [5, 5.41) is 0. The van der Waals surface area contributed by atoms with Crippen LogP contribution in [0, 0.1) is 22.7 Å². The van der Waals surface area contributed by atoms with Crippen molar-refractivity contribution < 1.29 is 4.74 Å². The topological polar surface area (TPSA) is 9.23 Å². The van der Waals surface area contributed by atoms with Crippen LogP contribution in [0.25, 0.3) is 0 Å². The third-order valence-electron chi connectivity index (χ3n) is 5.89. The van der Waals surface area contributed by atoms with Crippen LogP contribution in [0.4, 0.5) is 0 Å². The van der Waals surface area contributed by atoms with Crippen molar-refractivity contribution in [2.45, 2.75) is 53.1 Å². The molecule has 0 radical (unpaired) electrons. The van der Waals surface area contributed by atoms with Crippen LogP contribution in [-0.4, -0.2) is 12.7 Å². The monoisotopic (exact) mass is 248 g/mol. The summed E-state index contributed by atoms with van der Waals surface area (Å²) in [6, 6.07) is 0. The lowest BCUT2D eigenvalue weighted by molar-refractivity contribution is -0.0828. The first-order valence-corrected chi connectivity index (χ1v) is 7.33. The number of hydrogen-bond donors (Lipinski definition) is 0. The van der Waals surface area contributed by atoms with Crippen molar-refractivity contribution in [2.75, 3.05) is 6.61 Å². The Morgan fingerprint density at radius 2 is 2.06 bits per heavy atom. The lowest BCUT2D eigenvalue weighted by atomic mass is 9.48. The van der Waals surface area contributed by atoms with E-state index in [0.29, 0.717) is 23.4 Å². The molecule has 0 heterocycles. The molecule has 0 aromatic heterocycles. The van der Waals surface area contributed by atoms with E-state index in [9.17, 15) is 0 Å². The van der Waals surface area contributed by atoms with Gasteiger partial charge in [-0.2, -0.15) is 0 Å². The van der Waals surface area contributed by atoms with E-state index in [1.54, 1.807) is 0 Å². The Kier molecular flexibility index (Phi) is 3.48. The maximum atomic E-state index is 6.04. The van der Waals surface area contributed by atoms with Gasteiger partial charge in [0.1, 0.15) is 0 Å². The van der Waals surface area contributed by atoms with E-state index in [2.05, 4.69) is 46.9 Å². The van der Waals surface area contributed by atoms with Gasteiger partial charge < -0.3 is 4.74 Å². The maximum absolute atomic E-state index is 6.04. The van der Waals surface area contributed by atoms with E-state index in [-0.39, 0.29) is 5.41 Å². The summed E-state index contributed by atoms with van der Waals surface area (Å²) in [6.07, 6.45) is 6.09. The average molecular weight is 248 g/mol. The number of ether oxygens (including phenoxy) is 1. The van der Waals surface area contributed by atoms with Crippen molar-refractivity contribution in [2.24, 2.45) is 22.7 Å². The molecule has 0 amide bonds. The second kappa shape index (κ2) is 4.52. The van der Waals surface area contributed by atoms with Crippen molar-refractivity contribution in [3.63, 3.8) is 0 Å². The fourth-order valence-electron chi connectivity index (χ4n) is 4.16. The van der Waals surface area contributed by atoms with Crippen LogP contribution in [0.15, 0.2) is 24.8 Å². The predicted molar refractivity (Wildman–Crippen MR) is 77.5 cm³/mol. The molecule has 0 aromatic rings. The number of fused-ring (bicyclic) bond motifs is 2. The highest BCUT2D eigenvalue weighted by Crippen LogP contribution is 2.61. The minimum absolute atomic E-state index is 0.163. The lowest BCUT2D eigenvalue weighted by Gasteiger charge is -2.58. The van der Waals surface area contributed by atoms with E-state index >= 15 is 0 Å². The number of rotatable bonds is 3. The van der Waals surface area contributed by atoms with Gasteiger partial charge in [0.2, 0.25) is 0 Å². The van der Waals surface area contributed by atoms with Crippen molar-refractivity contribution in [3.05, 3.63) is 24.8 Å². The first-order valence-electron chi connectivity index (χ1n) is 7.33. The standard InChI is InChI=1S/C17H28O/c1-7-16(5)9-10-17(6)12(3)11-14(18-8-2)15(16)13(17)4/h7,12,14-15H,1,4,8-11H2,2-3,5-6H3/t12-,14+,15+,16+,17+/m1/s1. The van der Waals surface area contributed by atoms with Gasteiger partial charge in [-0.1, -0.05) is 39.0 Å². The van der Waals surface area contributed by atoms with Gasteiger partial charge in [-0.3, -0.25) is 0 Å². The number of hydrogen-bond acceptors (Lipinski definition) is 1. The van der Waals surface area contributed by atoms with E-state index in [0.717, 1.165) is 13.0 Å². The second-order valence-corrected chi connectivity index (χ2v) is 6.76. The molecule has 2 saturated carbocycles. The minimum atomic E-state index is 0.163. The molecule has 2 aliphatic carbocycles. The van der Waals surface area contributed by atoms with Crippen LogP contribution in [0.2, 0.25) is 0 Å². The zero-order chi connectivity index (χ0) is 13.6. The van der Waals surface area contributed by atoms with Gasteiger partial charge in [-0.05, 0) is 42.9 Å². The average Bonchev–Trinajstić information content (AvgIpc) is 2.33. The molecule has 0 saturated heterocycles. The van der Waals surface area contributed by atoms with Gasteiger partial charge in [-0.25, -0.2) is 0 Å². The highest BCUT2D eigenvalue weighted by Gasteiger charge is 2.55. The van der Waals surface area contributed by atoms with Gasteiger partial charge in [0.25, 0.3) is 0 Å². The SMILES string of the molecule is C=C[C@@]1(C)CC[C@]2(C)C(=C)[C@H]1[C@@H](OCC)C[C@H]2C. The molecule has 1 heteroatoms. The van der Waals surface area contributed by atoms with E-state index in [1.807, 2.05) is 0 Å². The molecule has 2 bridgehead atoms. The summed E-state index contributed by atoms with van der Waals surface area (Å²) in [7, 11) is 0. The Balaban J connectivity index is 2.40. The van der Waals surface area contributed by atoms with Crippen LogP contribution in [-0.2, 0) is 4.74 Å². The summed E-state index contributed by atoms with van der Waals surface area (Å²) in [5.41, 5.74) is 1.88. The molecule has 0 aliphatic heterocycles. The molecular weight excluding hydrogens is 220 g/mol. The number of allylic oxidation sites excluding steroid dienone is 1. The van der Waals surface area contributed by atoms with Crippen LogP contribution in [0.1, 0.15) is 47.0 Å². The molecule has 2 fully saturated rings. The zero-order valence-electron chi connectivity index (χ0n) is 12.5. The molecule has 0 N–H and O–H groups in total. The summed E-state index contributed by atoms with van der Waals surface area (Å²) in [4.78, 5) is 0. The summed E-state index contributed by atoms with van der Waals surface area (Å²) >= 11 is 0. The third-order valence-corrected chi connectivity index (χ3v) is 5.89. The van der Waals surface area contributed by atoms with E-state index in [1.165, 1.54) is 18.4 Å². The van der Waals surface area contributed by atoms with E-state index in [4.69, 9.17) is 4.74 Å². The predicted octanol–water partition coefficient (Wildman–Crippen LogP) is 4.60. The Hall–Kier alpha value is -0.560. The fraction of sp³-hybridized carbons (Fsp3) is 0.765. The molecule has 1 nitrogen and oxygen atoms in total. The van der Waals surface area contributed by atoms with Crippen molar-refractivity contribution in [1.29, 1.82) is 0 Å². The largest absolute Gasteiger partial charge is 0.378 e. The first kappa shape index (κ1) is 13.9. The Morgan fingerprint density at radius 1 is 1.39 bits per heavy atom. The normalized spacial score (nSPS) is 48.0. The smallest absolute Gasteiger partial charge is 0.0651 e. The molecule has 2 aliphatic rings. The molecule has 0 unspecified atom stereocenters. The molecular formula is C17H28O. The van der Waals surface area contributed by atoms with Crippen molar-refractivity contribution in [3.8, 4) is 0 Å². The fourth-order valence-corrected chi connectivity index (χ4v) is 4.16. The Morgan fingerprint density at radius 3 is 2.61 bits per heavy atom. The van der Waals surface area contributed by atoms with Crippen LogP contribution >= 0.6 is 0 Å². The van der Waals surface area contributed by atoms with Gasteiger partial charge in [0, 0.05) is 12.5 Å². The summed E-state index contributed by atoms with van der Waals surface area (Å²) in [6.45, 7) is 18.5. The summed E-state index contributed by atoms with van der Waals surface area (Å²) in [5.74, 6) is 1.12. The Labute approximate surface area is 112 Å². The second-order valence-electron chi connectivity index (χ2n) is 6.76. The van der Waals surface area contributed by atoms with E-state index < -0.39 is 0 Å². The Bertz CT molecular complexity index is 359. The highest BCUT2D eigenvalue weighted by molar-refractivity contribution is 5.28. The lowest BCUT2D eigenvalue weighted by Crippen LogP contribution is -2.53. The van der Waals surface area contributed by atoms with Crippen LogP contribution in [0.5, 0.6) is 0 Å². The molecule has 0 spiro atoms. The van der Waals surface area contributed by atoms with Gasteiger partial charge >= 0.3 is 0 Å².